The molecule has 0 aliphatic rings. The van der Waals surface area contributed by atoms with Gasteiger partial charge >= 0.3 is 0 Å². The Bertz CT molecular complexity index is 289. The number of carbonyl (C=O) groups excluding carboxylic acids is 2. The predicted molar refractivity (Wildman–Crippen MR) is 55.9 cm³/mol. The Morgan fingerprint density at radius 3 is 2.29 bits per heavy atom. The van der Waals surface area contributed by atoms with Crippen LogP contribution in [0.25, 0.3) is 0 Å². The van der Waals surface area contributed by atoms with Crippen molar-refractivity contribution in [2.75, 3.05) is 7.05 Å². The lowest BCUT2D eigenvalue weighted by Gasteiger charge is -2.13. The van der Waals surface area contributed by atoms with E-state index in [4.69, 9.17) is 16.9 Å². The van der Waals surface area contributed by atoms with Gasteiger partial charge in [0.15, 0.2) is 0 Å². The second-order valence-electron chi connectivity index (χ2n) is 2.62. The van der Waals surface area contributed by atoms with Crippen molar-refractivity contribution in [2.45, 2.75) is 6.42 Å². The van der Waals surface area contributed by atoms with Crippen molar-refractivity contribution in [1.82, 2.24) is 5.32 Å². The van der Waals surface area contributed by atoms with Gasteiger partial charge in [-0.15, -0.1) is 0 Å². The topological polar surface area (TPSA) is 122 Å². The third-order valence-electron chi connectivity index (χ3n) is 1.51. The van der Waals surface area contributed by atoms with Gasteiger partial charge < -0.3 is 22.2 Å². The molecular weight excluding hydrogens is 204 g/mol. The molecule has 6 N–H and O–H groups in total. The summed E-state index contributed by atoms with van der Waals surface area (Å²) in [7, 11) is 1.39. The molecule has 0 aromatic rings. The van der Waals surface area contributed by atoms with Crippen LogP contribution in [0.1, 0.15) is 6.42 Å². The highest BCUT2D eigenvalue weighted by Gasteiger charge is 2.25. The third kappa shape index (κ3) is 3.48. The highest BCUT2D eigenvalue weighted by molar-refractivity contribution is 7.80. The highest BCUT2D eigenvalue weighted by atomic mass is 32.1. The van der Waals surface area contributed by atoms with Crippen molar-refractivity contribution in [3.8, 4) is 0 Å². The van der Waals surface area contributed by atoms with E-state index in [9.17, 15) is 9.59 Å². The molecule has 0 bridgehead atoms. The second kappa shape index (κ2) is 5.28. The number of nitrogens with one attached hydrogen (secondary N) is 2. The summed E-state index contributed by atoms with van der Waals surface area (Å²) in [6.07, 6.45) is -0.324. The van der Waals surface area contributed by atoms with Crippen molar-refractivity contribution >= 4 is 34.7 Å². The standard InChI is InChI=1S/C7H12N4O2S/c1-11-7(13)5(6(10)14)3(8)2-4(9)12/h5,8H,2H2,1H3,(H2,9,12)(H2,10,14)(H,11,13). The molecule has 0 rings (SSSR count). The Morgan fingerprint density at radius 1 is 1.50 bits per heavy atom. The van der Waals surface area contributed by atoms with Gasteiger partial charge in [0.25, 0.3) is 0 Å². The molecule has 7 heteroatoms. The summed E-state index contributed by atoms with van der Waals surface area (Å²) in [4.78, 5) is 21.6. The number of hydrogen-bond donors (Lipinski definition) is 4. The van der Waals surface area contributed by atoms with Crippen molar-refractivity contribution in [3.05, 3.63) is 0 Å². The van der Waals surface area contributed by atoms with Gasteiger partial charge in [0.1, 0.15) is 5.92 Å². The summed E-state index contributed by atoms with van der Waals surface area (Å²) in [6.45, 7) is 0. The Morgan fingerprint density at radius 2 is 2.00 bits per heavy atom. The van der Waals surface area contributed by atoms with Crippen molar-refractivity contribution in [3.63, 3.8) is 0 Å². The maximum absolute atomic E-state index is 11.2. The van der Waals surface area contributed by atoms with Crippen LogP contribution >= 0.6 is 12.2 Å². The van der Waals surface area contributed by atoms with Crippen LogP contribution in [0.2, 0.25) is 0 Å². The third-order valence-corrected chi connectivity index (χ3v) is 1.74. The molecule has 0 aliphatic carbocycles. The summed E-state index contributed by atoms with van der Waals surface area (Å²) in [5, 5.41) is 9.71. The zero-order chi connectivity index (χ0) is 11.3. The molecule has 0 aromatic heterocycles. The molecule has 0 saturated carbocycles. The van der Waals surface area contributed by atoms with E-state index < -0.39 is 17.7 Å². The van der Waals surface area contributed by atoms with Gasteiger partial charge in [-0.05, 0) is 0 Å². The fraction of sp³-hybridized carbons (Fsp3) is 0.429. The average Bonchev–Trinajstić information content (AvgIpc) is 2.01. The van der Waals surface area contributed by atoms with Gasteiger partial charge in [-0.25, -0.2) is 0 Å². The molecule has 0 radical (unpaired) electrons. The molecule has 1 unspecified atom stereocenters. The molecular formula is C7H12N4O2S. The van der Waals surface area contributed by atoms with Crippen LogP contribution in [0, 0.1) is 11.3 Å². The van der Waals surface area contributed by atoms with Crippen LogP contribution in [0.15, 0.2) is 0 Å². The van der Waals surface area contributed by atoms with E-state index >= 15 is 0 Å². The molecule has 2 amide bonds. The van der Waals surface area contributed by atoms with Crippen LogP contribution in [0.3, 0.4) is 0 Å². The number of hydrogen-bond acceptors (Lipinski definition) is 4. The fourth-order valence-electron chi connectivity index (χ4n) is 0.893. The van der Waals surface area contributed by atoms with Crippen LogP contribution < -0.4 is 16.8 Å². The van der Waals surface area contributed by atoms with E-state index in [1.165, 1.54) is 7.05 Å². The van der Waals surface area contributed by atoms with Crippen LogP contribution in [0.5, 0.6) is 0 Å². The molecule has 0 aliphatic heterocycles. The first-order chi connectivity index (χ1) is 6.40. The van der Waals surface area contributed by atoms with Gasteiger partial charge in [0.2, 0.25) is 11.8 Å². The first-order valence-electron chi connectivity index (χ1n) is 3.76. The number of carbonyl (C=O) groups is 2. The number of nitrogens with two attached hydrogens (primary N) is 2. The van der Waals surface area contributed by atoms with Crippen LogP contribution in [-0.2, 0) is 9.59 Å². The second-order valence-corrected chi connectivity index (χ2v) is 3.09. The van der Waals surface area contributed by atoms with Gasteiger partial charge in [-0.2, -0.15) is 0 Å². The minimum atomic E-state index is -1.05. The van der Waals surface area contributed by atoms with Gasteiger partial charge in [0.05, 0.1) is 11.4 Å². The highest BCUT2D eigenvalue weighted by Crippen LogP contribution is 2.03. The minimum absolute atomic E-state index is 0.143. The quantitative estimate of drug-likeness (QED) is 0.331. The van der Waals surface area contributed by atoms with E-state index in [0.29, 0.717) is 0 Å². The van der Waals surface area contributed by atoms with Crippen LogP contribution in [0.4, 0.5) is 0 Å². The van der Waals surface area contributed by atoms with E-state index in [1.807, 2.05) is 0 Å². The lowest BCUT2D eigenvalue weighted by Crippen LogP contribution is -2.42. The van der Waals surface area contributed by atoms with Crippen molar-refractivity contribution in [1.29, 1.82) is 5.41 Å². The molecule has 14 heavy (non-hydrogen) atoms. The average molecular weight is 216 g/mol. The Kier molecular flexibility index (Phi) is 4.71. The van der Waals surface area contributed by atoms with Gasteiger partial charge in [-0.1, -0.05) is 12.2 Å². The minimum Gasteiger partial charge on any atom is -0.392 e. The first-order valence-corrected chi connectivity index (χ1v) is 4.17. The molecule has 6 nitrogen and oxygen atoms in total. The molecule has 78 valence electrons. The normalized spacial score (nSPS) is 11.5. The van der Waals surface area contributed by atoms with E-state index in [-0.39, 0.29) is 17.1 Å². The van der Waals surface area contributed by atoms with Gasteiger partial charge in [0, 0.05) is 12.8 Å². The zero-order valence-electron chi connectivity index (χ0n) is 7.66. The summed E-state index contributed by atoms with van der Waals surface area (Å²) < 4.78 is 0. The summed E-state index contributed by atoms with van der Waals surface area (Å²) in [5.74, 6) is -2.26. The number of rotatable bonds is 5. The van der Waals surface area contributed by atoms with Crippen molar-refractivity contribution < 1.29 is 9.59 Å². The first kappa shape index (κ1) is 12.5. The zero-order valence-corrected chi connectivity index (χ0v) is 8.48. The lowest BCUT2D eigenvalue weighted by atomic mass is 9.99. The van der Waals surface area contributed by atoms with E-state index in [0.717, 1.165) is 0 Å². The maximum atomic E-state index is 11.2. The largest absolute Gasteiger partial charge is 0.392 e. The van der Waals surface area contributed by atoms with Crippen LogP contribution in [-0.4, -0.2) is 29.6 Å². The molecule has 0 spiro atoms. The van der Waals surface area contributed by atoms with E-state index in [1.54, 1.807) is 0 Å². The molecule has 1 atom stereocenters. The predicted octanol–water partition coefficient (Wildman–Crippen LogP) is -1.47. The van der Waals surface area contributed by atoms with Gasteiger partial charge in [-0.3, -0.25) is 9.59 Å². The summed E-state index contributed by atoms with van der Waals surface area (Å²) >= 11 is 4.61. The Hall–Kier alpha value is -1.50. The maximum Gasteiger partial charge on any atom is 0.235 e. The smallest absolute Gasteiger partial charge is 0.235 e. The number of thiocarbonyl (C=S) groups is 1. The molecule has 0 heterocycles. The monoisotopic (exact) mass is 216 g/mol. The van der Waals surface area contributed by atoms with E-state index in [2.05, 4.69) is 17.5 Å². The SMILES string of the molecule is CNC(=O)C(C(=N)CC(N)=O)C(N)=S. The summed E-state index contributed by atoms with van der Waals surface area (Å²) in [5.41, 5.74) is 9.95. The lowest BCUT2D eigenvalue weighted by molar-refractivity contribution is -0.121. The number of amides is 2. The number of primary amides is 1. The fourth-order valence-corrected chi connectivity index (χ4v) is 1.14. The summed E-state index contributed by atoms with van der Waals surface area (Å²) in [6, 6.07) is 0. The van der Waals surface area contributed by atoms with Crippen molar-refractivity contribution in [2.24, 2.45) is 17.4 Å². The Balaban J connectivity index is 4.66. The molecule has 0 aromatic carbocycles. The molecule has 0 fully saturated rings. The molecule has 0 saturated heterocycles. The Labute approximate surface area is 86.5 Å².